The van der Waals surface area contributed by atoms with Crippen molar-refractivity contribution in [3.8, 4) is 0 Å². The Morgan fingerprint density at radius 2 is 0.789 bits per heavy atom. The first-order valence-electron chi connectivity index (χ1n) is 3.46. The lowest BCUT2D eigenvalue weighted by Crippen LogP contribution is -2.45. The van der Waals surface area contributed by atoms with E-state index < -0.39 is 35.0 Å². The van der Waals surface area contributed by atoms with Crippen molar-refractivity contribution in [2.45, 2.75) is 24.6 Å². The third-order valence-electron chi connectivity index (χ3n) is 1.07. The summed E-state index contributed by atoms with van der Waals surface area (Å²) in [6.45, 7) is 0. The fourth-order valence-electron chi connectivity index (χ4n) is 0.368. The number of rotatable bonds is 4. The molecule has 0 radical (unpaired) electrons. The summed E-state index contributed by atoms with van der Waals surface area (Å²) in [6, 6.07) is 0. The molecule has 0 saturated carbocycles. The van der Waals surface area contributed by atoms with Crippen LogP contribution in [0, 0.1) is 0 Å². The van der Waals surface area contributed by atoms with Crippen LogP contribution in [0.3, 0.4) is 0 Å². The molecule has 0 unspecified atom stereocenters. The highest BCUT2D eigenvalue weighted by molar-refractivity contribution is 7.81. The molecule has 0 spiro atoms. The van der Waals surface area contributed by atoms with Gasteiger partial charge in [-0.1, -0.05) is 0 Å². The van der Waals surface area contributed by atoms with Gasteiger partial charge in [0, 0.05) is 0 Å². The highest BCUT2D eigenvalue weighted by Gasteiger charge is 2.66. The number of hydrogen-bond donors (Lipinski definition) is 0. The zero-order valence-corrected chi connectivity index (χ0v) is 8.64. The fourth-order valence-corrected chi connectivity index (χ4v) is 1.10. The largest absolute Gasteiger partial charge is 0.484 e. The average Bonchev–Trinajstić information content (AvgIpc) is 1.93. The zero-order chi connectivity index (χ0) is 15.9. The van der Waals surface area contributed by atoms with Crippen LogP contribution in [-0.2, 0) is 18.8 Å². The van der Waals surface area contributed by atoms with Gasteiger partial charge < -0.3 is 0 Å². The molecule has 0 aromatic rings. The molecule has 0 fully saturated rings. The van der Waals surface area contributed by atoms with Crippen LogP contribution in [0.1, 0.15) is 0 Å². The second-order valence-corrected chi connectivity index (χ2v) is 3.75. The van der Waals surface area contributed by atoms with Crippen molar-refractivity contribution in [2.75, 3.05) is 0 Å². The van der Waals surface area contributed by atoms with Crippen molar-refractivity contribution in [3.05, 3.63) is 0 Å². The molecule has 0 heterocycles. The lowest BCUT2D eigenvalue weighted by atomic mass is 10.6. The van der Waals surface area contributed by atoms with Crippen LogP contribution in [-0.4, -0.2) is 33.0 Å². The van der Waals surface area contributed by atoms with Gasteiger partial charge in [0.1, 0.15) is 0 Å². The average molecular weight is 334 g/mol. The van der Waals surface area contributed by atoms with Crippen LogP contribution in [0.25, 0.3) is 0 Å². The van der Waals surface area contributed by atoms with Crippen molar-refractivity contribution in [1.29, 1.82) is 0 Å². The lowest BCUT2D eigenvalue weighted by molar-refractivity contribution is -0.378. The van der Waals surface area contributed by atoms with Gasteiger partial charge in [0.05, 0.1) is 0 Å². The maximum atomic E-state index is 12.0. The van der Waals surface area contributed by atoms with E-state index in [4.69, 9.17) is 0 Å². The van der Waals surface area contributed by atoms with Crippen LogP contribution >= 0.6 is 0 Å². The van der Waals surface area contributed by atoms with E-state index in [9.17, 15) is 52.3 Å². The van der Waals surface area contributed by atoms with Crippen molar-refractivity contribution >= 4 is 10.4 Å². The van der Waals surface area contributed by atoms with Crippen molar-refractivity contribution < 1.29 is 60.7 Å². The van der Waals surface area contributed by atoms with E-state index in [0.717, 1.165) is 0 Å². The Kier molecular flexibility index (Phi) is 4.42. The highest BCUT2D eigenvalue weighted by Crippen LogP contribution is 2.41. The van der Waals surface area contributed by atoms with Crippen LogP contribution < -0.4 is 0 Å². The Balaban J connectivity index is 5.16. The first-order chi connectivity index (χ1) is 7.91. The second-order valence-electron chi connectivity index (χ2n) is 2.60. The van der Waals surface area contributed by atoms with E-state index in [2.05, 4.69) is 0 Å². The van der Waals surface area contributed by atoms with Crippen LogP contribution in [0.4, 0.5) is 43.9 Å². The molecule has 4 nitrogen and oxygen atoms in total. The minimum absolute atomic E-state index is 1.83. The van der Waals surface area contributed by atoms with Gasteiger partial charge in [-0.25, -0.2) is 0 Å². The third-order valence-corrected chi connectivity index (χ3v) is 1.90. The summed E-state index contributed by atoms with van der Waals surface area (Å²) < 4.78 is 140. The van der Waals surface area contributed by atoms with Gasteiger partial charge in [-0.15, -0.1) is 0 Å². The first-order valence-corrected chi connectivity index (χ1v) is 4.80. The normalized spacial score (nSPS) is 15.7. The van der Waals surface area contributed by atoms with E-state index in [1.165, 1.54) is 0 Å². The summed E-state index contributed by atoms with van der Waals surface area (Å²) in [4.78, 5) is 0. The minimum atomic E-state index is -7.00. The number of halogens is 10. The summed E-state index contributed by atoms with van der Waals surface area (Å²) in [6.07, 6.45) is -26.5. The molecule has 0 atom stereocenters. The van der Waals surface area contributed by atoms with Crippen LogP contribution in [0.2, 0.25) is 0 Å². The maximum Gasteiger partial charge on any atom is 0.484 e. The van der Waals surface area contributed by atoms with E-state index in [1.807, 2.05) is 8.37 Å². The Hall–Kier alpha value is -0.830. The molecule has 0 N–H and O–H groups in total. The summed E-state index contributed by atoms with van der Waals surface area (Å²) >= 11 is 0. The first kappa shape index (κ1) is 18.2. The van der Waals surface area contributed by atoms with Crippen molar-refractivity contribution in [3.63, 3.8) is 0 Å². The van der Waals surface area contributed by atoms with Gasteiger partial charge in [-0.2, -0.15) is 60.7 Å². The zero-order valence-electron chi connectivity index (χ0n) is 7.82. The van der Waals surface area contributed by atoms with Crippen LogP contribution in [0.15, 0.2) is 0 Å². The SMILES string of the molecule is O=S(=O)(OC(F)(F)C(F)(F)F)OC(F)(F)C(F)(F)F. The molecule has 0 rings (SSSR count). The summed E-state index contributed by atoms with van der Waals surface area (Å²) in [5.74, 6) is 0. The van der Waals surface area contributed by atoms with Crippen LogP contribution in [0.5, 0.6) is 0 Å². The predicted molar refractivity (Wildman–Crippen MR) is 33.1 cm³/mol. The molecule has 0 aliphatic carbocycles. The van der Waals surface area contributed by atoms with Crippen molar-refractivity contribution in [1.82, 2.24) is 0 Å². The molecule has 0 amide bonds. The monoisotopic (exact) mass is 334 g/mol. The van der Waals surface area contributed by atoms with E-state index in [-0.39, 0.29) is 0 Å². The molecule has 19 heavy (non-hydrogen) atoms. The highest BCUT2D eigenvalue weighted by atomic mass is 32.3. The standard InChI is InChI=1S/C4F10O4S/c5-1(6,7)3(11,12)17-19(15,16)18-4(13,14)2(8,9)10. The molecule has 15 heteroatoms. The molecular formula is C4F10O4S. The van der Waals surface area contributed by atoms with Gasteiger partial charge in [-0.3, -0.25) is 0 Å². The van der Waals surface area contributed by atoms with Gasteiger partial charge in [0.15, 0.2) is 0 Å². The van der Waals surface area contributed by atoms with E-state index in [1.54, 1.807) is 0 Å². The predicted octanol–water partition coefficient (Wildman–Crippen LogP) is 2.57. The Morgan fingerprint density at radius 1 is 0.579 bits per heavy atom. The number of hydrogen-bond acceptors (Lipinski definition) is 4. The molecule has 0 aliphatic rings. The molecule has 0 bridgehead atoms. The molecule has 116 valence electrons. The van der Waals surface area contributed by atoms with Gasteiger partial charge in [-0.05, 0) is 0 Å². The minimum Gasteiger partial charge on any atom is -0.170 e. The molecule has 0 aromatic carbocycles. The molecule has 0 aliphatic heterocycles. The Morgan fingerprint density at radius 3 is 0.947 bits per heavy atom. The molecular weight excluding hydrogens is 334 g/mol. The van der Waals surface area contributed by atoms with Gasteiger partial charge in [0.2, 0.25) is 0 Å². The van der Waals surface area contributed by atoms with Gasteiger partial charge in [0.25, 0.3) is 0 Å². The summed E-state index contributed by atoms with van der Waals surface area (Å²) in [7, 11) is -7.00. The topological polar surface area (TPSA) is 52.6 Å². The summed E-state index contributed by atoms with van der Waals surface area (Å²) in [5, 5.41) is 0. The number of alkyl halides is 10. The smallest absolute Gasteiger partial charge is 0.170 e. The van der Waals surface area contributed by atoms with Crippen molar-refractivity contribution in [2.24, 2.45) is 0 Å². The third kappa shape index (κ3) is 4.64. The van der Waals surface area contributed by atoms with Gasteiger partial charge >= 0.3 is 35.0 Å². The van der Waals surface area contributed by atoms with E-state index in [0.29, 0.717) is 0 Å². The Labute approximate surface area is 96.8 Å². The Bertz CT molecular complexity index is 384. The molecule has 0 aromatic heterocycles. The van der Waals surface area contributed by atoms with E-state index >= 15 is 0 Å². The molecule has 0 saturated heterocycles. The summed E-state index contributed by atoms with van der Waals surface area (Å²) in [5.41, 5.74) is 0. The quantitative estimate of drug-likeness (QED) is 0.742. The second kappa shape index (κ2) is 4.62. The fraction of sp³-hybridized carbons (Fsp3) is 1.00. The lowest BCUT2D eigenvalue weighted by Gasteiger charge is -2.21. The maximum absolute atomic E-state index is 12.0.